The van der Waals surface area contributed by atoms with E-state index in [1.165, 1.54) is 16.9 Å². The predicted molar refractivity (Wildman–Crippen MR) is 89.2 cm³/mol. The van der Waals surface area contributed by atoms with Gasteiger partial charge in [0.25, 0.3) is 5.91 Å². The van der Waals surface area contributed by atoms with Gasteiger partial charge in [0.05, 0.1) is 17.3 Å². The molecule has 2 aromatic rings. The van der Waals surface area contributed by atoms with Gasteiger partial charge in [0.15, 0.2) is 0 Å². The molecule has 0 aliphatic heterocycles. The van der Waals surface area contributed by atoms with Crippen molar-refractivity contribution in [3.05, 3.63) is 52.0 Å². The first-order chi connectivity index (χ1) is 10.6. The number of amides is 1. The van der Waals surface area contributed by atoms with Crippen LogP contribution in [0.1, 0.15) is 40.5 Å². The zero-order valence-corrected chi connectivity index (χ0v) is 13.8. The Kier molecular flexibility index (Phi) is 6.10. The van der Waals surface area contributed by atoms with Crippen LogP contribution in [0.4, 0.5) is 0 Å². The van der Waals surface area contributed by atoms with Gasteiger partial charge in [0.1, 0.15) is 4.88 Å². The first-order valence-electron chi connectivity index (χ1n) is 7.51. The van der Waals surface area contributed by atoms with Crippen molar-refractivity contribution in [2.45, 2.75) is 32.8 Å². The maximum Gasteiger partial charge on any atom is 0.263 e. The lowest BCUT2D eigenvalue weighted by atomic mass is 10.0. The minimum absolute atomic E-state index is 0.118. The van der Waals surface area contributed by atoms with Crippen LogP contribution in [-0.4, -0.2) is 28.6 Å². The number of aliphatic hydroxyl groups is 1. The van der Waals surface area contributed by atoms with Gasteiger partial charge in [-0.05, 0) is 17.9 Å². The summed E-state index contributed by atoms with van der Waals surface area (Å²) in [6.07, 6.45) is 2.55. The number of aliphatic hydroxyl groups excluding tert-OH is 1. The number of benzene rings is 1. The molecule has 0 bridgehead atoms. The van der Waals surface area contributed by atoms with Crippen LogP contribution < -0.4 is 5.32 Å². The summed E-state index contributed by atoms with van der Waals surface area (Å²) in [5, 5.41) is 13.5. The Bertz CT molecular complexity index is 596. The minimum atomic E-state index is -0.379. The number of carbonyl (C=O) groups excluding carboxylic acids is 1. The third-order valence-electron chi connectivity index (χ3n) is 3.47. The number of aromatic nitrogens is 1. The van der Waals surface area contributed by atoms with Crippen LogP contribution in [-0.2, 0) is 6.42 Å². The standard InChI is InChI=1S/C17H22N2O2S/c1-12(2)14(20)8-9-18-17(21)15-11-19-16(22-15)10-13-6-4-3-5-7-13/h3-7,11-12,14,20H,8-10H2,1-2H3,(H,18,21). The second kappa shape index (κ2) is 8.06. The summed E-state index contributed by atoms with van der Waals surface area (Å²) in [4.78, 5) is 17.0. The van der Waals surface area contributed by atoms with Crippen LogP contribution >= 0.6 is 11.3 Å². The van der Waals surface area contributed by atoms with Crippen molar-refractivity contribution in [1.82, 2.24) is 10.3 Å². The third kappa shape index (κ3) is 4.93. The number of hydrogen-bond donors (Lipinski definition) is 2. The summed E-state index contributed by atoms with van der Waals surface area (Å²) in [7, 11) is 0. The summed E-state index contributed by atoms with van der Waals surface area (Å²) >= 11 is 1.42. The fraction of sp³-hybridized carbons (Fsp3) is 0.412. The van der Waals surface area contributed by atoms with Gasteiger partial charge >= 0.3 is 0 Å². The Morgan fingerprint density at radius 1 is 1.32 bits per heavy atom. The monoisotopic (exact) mass is 318 g/mol. The van der Waals surface area contributed by atoms with E-state index in [0.29, 0.717) is 17.8 Å². The molecule has 1 heterocycles. The second-order valence-corrected chi connectivity index (χ2v) is 6.75. The van der Waals surface area contributed by atoms with Crippen LogP contribution in [0, 0.1) is 5.92 Å². The Labute approximate surface area is 135 Å². The molecule has 2 rings (SSSR count). The molecule has 4 nitrogen and oxygen atoms in total. The van der Waals surface area contributed by atoms with Gasteiger partial charge in [-0.2, -0.15) is 0 Å². The number of thiazole rings is 1. The van der Waals surface area contributed by atoms with Crippen molar-refractivity contribution in [2.75, 3.05) is 6.54 Å². The molecule has 2 N–H and O–H groups in total. The number of nitrogens with one attached hydrogen (secondary N) is 1. The van der Waals surface area contributed by atoms with E-state index in [9.17, 15) is 9.90 Å². The van der Waals surface area contributed by atoms with E-state index < -0.39 is 0 Å². The van der Waals surface area contributed by atoms with E-state index in [4.69, 9.17) is 0 Å². The lowest BCUT2D eigenvalue weighted by molar-refractivity contribution is 0.0923. The van der Waals surface area contributed by atoms with Gasteiger partial charge in [0.2, 0.25) is 0 Å². The number of hydrogen-bond acceptors (Lipinski definition) is 4. The first kappa shape index (κ1) is 16.6. The Morgan fingerprint density at radius 2 is 2.05 bits per heavy atom. The summed E-state index contributed by atoms with van der Waals surface area (Å²) in [5.74, 6) is 0.0885. The largest absolute Gasteiger partial charge is 0.393 e. The molecule has 0 spiro atoms. The highest BCUT2D eigenvalue weighted by Gasteiger charge is 2.13. The highest BCUT2D eigenvalue weighted by Crippen LogP contribution is 2.17. The molecule has 1 aromatic carbocycles. The molecule has 0 saturated carbocycles. The zero-order valence-electron chi connectivity index (χ0n) is 13.0. The molecule has 5 heteroatoms. The minimum Gasteiger partial charge on any atom is -0.393 e. The number of carbonyl (C=O) groups is 1. The van der Waals surface area contributed by atoms with Crippen molar-refractivity contribution < 1.29 is 9.90 Å². The summed E-state index contributed by atoms with van der Waals surface area (Å²) in [5.41, 5.74) is 1.18. The molecule has 1 unspecified atom stereocenters. The molecule has 0 fully saturated rings. The van der Waals surface area contributed by atoms with Crippen LogP contribution in [0.5, 0.6) is 0 Å². The van der Waals surface area contributed by atoms with Gasteiger partial charge in [-0.15, -0.1) is 11.3 Å². The molecule has 1 aromatic heterocycles. The topological polar surface area (TPSA) is 62.2 Å². The van der Waals surface area contributed by atoms with Crippen molar-refractivity contribution in [1.29, 1.82) is 0 Å². The maximum atomic E-state index is 12.0. The van der Waals surface area contributed by atoms with Crippen molar-refractivity contribution in [3.8, 4) is 0 Å². The van der Waals surface area contributed by atoms with E-state index >= 15 is 0 Å². The summed E-state index contributed by atoms with van der Waals surface area (Å²) < 4.78 is 0. The SMILES string of the molecule is CC(C)C(O)CCNC(=O)c1cnc(Cc2ccccc2)s1. The molecular weight excluding hydrogens is 296 g/mol. The Morgan fingerprint density at radius 3 is 2.73 bits per heavy atom. The van der Waals surface area contributed by atoms with Gasteiger partial charge in [0, 0.05) is 13.0 Å². The van der Waals surface area contributed by atoms with E-state index in [2.05, 4.69) is 22.4 Å². The molecule has 0 radical (unpaired) electrons. The maximum absolute atomic E-state index is 12.0. The van der Waals surface area contributed by atoms with Gasteiger partial charge in [-0.25, -0.2) is 4.98 Å². The highest BCUT2D eigenvalue weighted by atomic mass is 32.1. The third-order valence-corrected chi connectivity index (χ3v) is 4.47. The van der Waals surface area contributed by atoms with Gasteiger partial charge in [-0.1, -0.05) is 44.2 Å². The van der Waals surface area contributed by atoms with E-state index in [-0.39, 0.29) is 17.9 Å². The molecule has 1 atom stereocenters. The molecule has 0 aliphatic rings. The van der Waals surface area contributed by atoms with E-state index in [0.717, 1.165) is 11.4 Å². The Balaban J connectivity index is 1.84. The van der Waals surface area contributed by atoms with E-state index in [1.807, 2.05) is 32.0 Å². The van der Waals surface area contributed by atoms with Gasteiger partial charge in [-0.3, -0.25) is 4.79 Å². The Hall–Kier alpha value is -1.72. The molecule has 0 aliphatic carbocycles. The quantitative estimate of drug-likeness (QED) is 0.825. The number of nitrogens with zero attached hydrogens (tertiary/aromatic N) is 1. The molecule has 0 saturated heterocycles. The first-order valence-corrected chi connectivity index (χ1v) is 8.33. The average molecular weight is 318 g/mol. The van der Waals surface area contributed by atoms with Crippen LogP contribution in [0.3, 0.4) is 0 Å². The normalized spacial score (nSPS) is 12.4. The van der Waals surface area contributed by atoms with Crippen molar-refractivity contribution in [2.24, 2.45) is 5.92 Å². The van der Waals surface area contributed by atoms with Crippen LogP contribution in [0.2, 0.25) is 0 Å². The van der Waals surface area contributed by atoms with Gasteiger partial charge < -0.3 is 10.4 Å². The molecule has 118 valence electrons. The average Bonchev–Trinajstić information content (AvgIpc) is 2.96. The number of rotatable bonds is 7. The molecular formula is C17H22N2O2S. The van der Waals surface area contributed by atoms with Crippen molar-refractivity contribution >= 4 is 17.2 Å². The molecule has 22 heavy (non-hydrogen) atoms. The second-order valence-electron chi connectivity index (χ2n) is 5.64. The van der Waals surface area contributed by atoms with Crippen LogP contribution in [0.15, 0.2) is 36.5 Å². The lowest BCUT2D eigenvalue weighted by Gasteiger charge is -2.14. The zero-order chi connectivity index (χ0) is 15.9. The smallest absolute Gasteiger partial charge is 0.263 e. The lowest BCUT2D eigenvalue weighted by Crippen LogP contribution is -2.28. The van der Waals surface area contributed by atoms with E-state index in [1.54, 1.807) is 6.20 Å². The fourth-order valence-electron chi connectivity index (χ4n) is 2.02. The van der Waals surface area contributed by atoms with Crippen LogP contribution in [0.25, 0.3) is 0 Å². The molecule has 1 amide bonds. The highest BCUT2D eigenvalue weighted by molar-refractivity contribution is 7.13. The summed E-state index contributed by atoms with van der Waals surface area (Å²) in [6.45, 7) is 4.40. The fourth-order valence-corrected chi connectivity index (χ4v) is 2.89. The summed E-state index contributed by atoms with van der Waals surface area (Å²) in [6, 6.07) is 10.1. The van der Waals surface area contributed by atoms with Crippen molar-refractivity contribution in [3.63, 3.8) is 0 Å². The predicted octanol–water partition coefficient (Wildman–Crippen LogP) is 2.87.